The fraction of sp³-hybridized carbons (Fsp3) is 0.571. The summed E-state index contributed by atoms with van der Waals surface area (Å²) in [6, 6.07) is 4.38. The third kappa shape index (κ3) is 2.50. The lowest BCUT2D eigenvalue weighted by atomic mass is 9.97. The molecule has 1 N–H and O–H groups in total. The zero-order valence-electron chi connectivity index (χ0n) is 11.8. The minimum atomic E-state index is 0.506. The van der Waals surface area contributed by atoms with E-state index in [1.807, 2.05) is 12.1 Å². The minimum Gasteiger partial charge on any atom is -0.366 e. The Hall–Kier alpha value is -0.910. The number of nitrogens with one attached hydrogen (secondary N) is 1. The van der Waals surface area contributed by atoms with Crippen molar-refractivity contribution in [2.45, 2.75) is 26.3 Å². The summed E-state index contributed by atoms with van der Waals surface area (Å²) in [6.07, 6.45) is 1.18. The molecule has 2 aromatic rings. The van der Waals surface area contributed by atoms with Gasteiger partial charge in [0.15, 0.2) is 0 Å². The molecule has 2 unspecified atom stereocenters. The number of rotatable bonds is 3. The SMILES string of the molecule is CCC(C)C1CN(c2c(Cl)ccc3nsnc23)CCN1. The van der Waals surface area contributed by atoms with Crippen molar-refractivity contribution in [2.24, 2.45) is 5.92 Å². The number of fused-ring (bicyclic) bond motifs is 1. The summed E-state index contributed by atoms with van der Waals surface area (Å²) in [6.45, 7) is 7.46. The van der Waals surface area contributed by atoms with Crippen LogP contribution in [-0.2, 0) is 0 Å². The van der Waals surface area contributed by atoms with Gasteiger partial charge in [0, 0.05) is 25.7 Å². The largest absolute Gasteiger partial charge is 0.366 e. The molecule has 1 fully saturated rings. The van der Waals surface area contributed by atoms with Crippen LogP contribution in [0.1, 0.15) is 20.3 Å². The Morgan fingerprint density at radius 1 is 1.50 bits per heavy atom. The van der Waals surface area contributed by atoms with E-state index < -0.39 is 0 Å². The highest BCUT2D eigenvalue weighted by Gasteiger charge is 2.26. The van der Waals surface area contributed by atoms with Crippen LogP contribution in [0.4, 0.5) is 5.69 Å². The molecule has 1 aliphatic heterocycles. The van der Waals surface area contributed by atoms with Gasteiger partial charge < -0.3 is 10.2 Å². The average molecular weight is 311 g/mol. The van der Waals surface area contributed by atoms with Crippen LogP contribution in [0.25, 0.3) is 11.0 Å². The van der Waals surface area contributed by atoms with Crippen LogP contribution in [0.2, 0.25) is 5.02 Å². The molecule has 108 valence electrons. The monoisotopic (exact) mass is 310 g/mol. The maximum atomic E-state index is 6.43. The third-order valence-corrected chi connectivity index (χ3v) is 5.05. The molecule has 2 heterocycles. The van der Waals surface area contributed by atoms with Gasteiger partial charge >= 0.3 is 0 Å². The lowest BCUT2D eigenvalue weighted by Gasteiger charge is -2.38. The van der Waals surface area contributed by atoms with Crippen molar-refractivity contribution in [1.82, 2.24) is 14.1 Å². The molecule has 20 heavy (non-hydrogen) atoms. The van der Waals surface area contributed by atoms with Crippen molar-refractivity contribution in [2.75, 3.05) is 24.5 Å². The summed E-state index contributed by atoms with van der Waals surface area (Å²) < 4.78 is 8.74. The van der Waals surface area contributed by atoms with Gasteiger partial charge in [-0.1, -0.05) is 31.9 Å². The second-order valence-corrected chi connectivity index (χ2v) is 6.36. The number of hydrogen-bond acceptors (Lipinski definition) is 5. The van der Waals surface area contributed by atoms with E-state index in [4.69, 9.17) is 11.6 Å². The number of anilines is 1. The molecule has 0 aliphatic carbocycles. The number of nitrogens with zero attached hydrogens (tertiary/aromatic N) is 3. The van der Waals surface area contributed by atoms with Crippen molar-refractivity contribution in [3.8, 4) is 0 Å². The zero-order valence-corrected chi connectivity index (χ0v) is 13.3. The molecule has 1 aromatic carbocycles. The molecule has 0 spiro atoms. The number of halogens is 1. The van der Waals surface area contributed by atoms with Crippen molar-refractivity contribution in [3.63, 3.8) is 0 Å². The summed E-state index contributed by atoms with van der Waals surface area (Å²) in [5.74, 6) is 0.657. The smallest absolute Gasteiger partial charge is 0.129 e. The maximum absolute atomic E-state index is 6.43. The lowest BCUT2D eigenvalue weighted by Crippen LogP contribution is -2.53. The first-order valence-electron chi connectivity index (χ1n) is 7.09. The van der Waals surface area contributed by atoms with Gasteiger partial charge in [0.05, 0.1) is 22.4 Å². The summed E-state index contributed by atoms with van der Waals surface area (Å²) in [5, 5.41) is 4.39. The highest BCUT2D eigenvalue weighted by molar-refractivity contribution is 7.00. The van der Waals surface area contributed by atoms with Crippen LogP contribution in [0.15, 0.2) is 12.1 Å². The first-order chi connectivity index (χ1) is 9.70. The van der Waals surface area contributed by atoms with Gasteiger partial charge in [0.2, 0.25) is 0 Å². The molecule has 0 radical (unpaired) electrons. The van der Waals surface area contributed by atoms with E-state index in [1.165, 1.54) is 18.1 Å². The third-order valence-electron chi connectivity index (χ3n) is 4.20. The van der Waals surface area contributed by atoms with Crippen LogP contribution >= 0.6 is 23.3 Å². The highest BCUT2D eigenvalue weighted by Crippen LogP contribution is 2.34. The van der Waals surface area contributed by atoms with E-state index in [9.17, 15) is 0 Å². The predicted molar refractivity (Wildman–Crippen MR) is 85.9 cm³/mol. The van der Waals surface area contributed by atoms with Crippen LogP contribution < -0.4 is 10.2 Å². The van der Waals surface area contributed by atoms with Crippen molar-refractivity contribution < 1.29 is 0 Å². The number of hydrogen-bond donors (Lipinski definition) is 1. The van der Waals surface area contributed by atoms with Crippen LogP contribution in [-0.4, -0.2) is 34.4 Å². The Morgan fingerprint density at radius 3 is 3.15 bits per heavy atom. The maximum Gasteiger partial charge on any atom is 0.129 e. The molecule has 1 aliphatic rings. The van der Waals surface area contributed by atoms with Gasteiger partial charge in [0.1, 0.15) is 11.0 Å². The quantitative estimate of drug-likeness (QED) is 0.945. The normalized spacial score (nSPS) is 21.4. The Kier molecular flexibility index (Phi) is 4.10. The molecule has 2 atom stereocenters. The second kappa shape index (κ2) is 5.84. The van der Waals surface area contributed by atoms with Gasteiger partial charge in [0.25, 0.3) is 0 Å². The molecule has 0 amide bonds. The minimum absolute atomic E-state index is 0.506. The molecular weight excluding hydrogens is 292 g/mol. The van der Waals surface area contributed by atoms with Crippen LogP contribution in [0.3, 0.4) is 0 Å². The summed E-state index contributed by atoms with van der Waals surface area (Å²) in [7, 11) is 0. The standard InChI is InChI=1S/C14H19ClN4S/c1-3-9(2)12-8-19(7-6-16-12)14-10(15)4-5-11-13(14)18-20-17-11/h4-5,9,12,16H,3,6-8H2,1-2H3. The summed E-state index contributed by atoms with van der Waals surface area (Å²) in [4.78, 5) is 2.36. The molecule has 0 bridgehead atoms. The van der Waals surface area contributed by atoms with E-state index in [1.54, 1.807) is 0 Å². The van der Waals surface area contributed by atoms with Crippen molar-refractivity contribution >= 4 is 40.0 Å². The van der Waals surface area contributed by atoms with Crippen molar-refractivity contribution in [1.29, 1.82) is 0 Å². The fourth-order valence-electron chi connectivity index (χ4n) is 2.76. The number of benzene rings is 1. The molecule has 4 nitrogen and oxygen atoms in total. The van der Waals surface area contributed by atoms with Gasteiger partial charge in [-0.25, -0.2) is 0 Å². The molecule has 6 heteroatoms. The zero-order chi connectivity index (χ0) is 14.1. The van der Waals surface area contributed by atoms with Gasteiger partial charge in [-0.05, 0) is 18.1 Å². The highest BCUT2D eigenvalue weighted by atomic mass is 35.5. The van der Waals surface area contributed by atoms with Gasteiger partial charge in [-0.3, -0.25) is 0 Å². The Labute approximate surface area is 128 Å². The molecule has 1 aromatic heterocycles. The molecule has 1 saturated heterocycles. The summed E-state index contributed by atoms with van der Waals surface area (Å²) in [5.41, 5.74) is 2.92. The van der Waals surface area contributed by atoms with Crippen LogP contribution in [0.5, 0.6) is 0 Å². The Morgan fingerprint density at radius 2 is 2.35 bits per heavy atom. The molecular formula is C14H19ClN4S. The summed E-state index contributed by atoms with van der Waals surface area (Å²) >= 11 is 7.68. The number of aromatic nitrogens is 2. The second-order valence-electron chi connectivity index (χ2n) is 5.42. The predicted octanol–water partition coefficient (Wildman–Crippen LogP) is 3.17. The van der Waals surface area contributed by atoms with E-state index in [0.717, 1.165) is 41.4 Å². The topological polar surface area (TPSA) is 41.1 Å². The molecule has 3 rings (SSSR count). The molecule has 0 saturated carbocycles. The number of piperazine rings is 1. The lowest BCUT2D eigenvalue weighted by molar-refractivity contribution is 0.342. The van der Waals surface area contributed by atoms with Gasteiger partial charge in [-0.15, -0.1) is 0 Å². The van der Waals surface area contributed by atoms with E-state index >= 15 is 0 Å². The average Bonchev–Trinajstić information content (AvgIpc) is 2.94. The van der Waals surface area contributed by atoms with Gasteiger partial charge in [-0.2, -0.15) is 8.75 Å². The van der Waals surface area contributed by atoms with Crippen molar-refractivity contribution in [3.05, 3.63) is 17.2 Å². The first-order valence-corrected chi connectivity index (χ1v) is 8.20. The Balaban J connectivity index is 1.94. The van der Waals surface area contributed by atoms with Crippen LogP contribution in [0, 0.1) is 5.92 Å². The first kappa shape index (κ1) is 14.0. The van der Waals surface area contributed by atoms with E-state index in [-0.39, 0.29) is 0 Å². The van der Waals surface area contributed by atoms with E-state index in [0.29, 0.717) is 12.0 Å². The Bertz CT molecular complexity index is 600. The van der Waals surface area contributed by atoms with E-state index in [2.05, 4.69) is 32.8 Å². The fourth-order valence-corrected chi connectivity index (χ4v) is 3.57.